The molecular formula is C19H32N2. The third-order valence-corrected chi connectivity index (χ3v) is 4.78. The Hall–Kier alpha value is -1.02. The molecule has 2 heteroatoms. The fraction of sp³-hybridized carbons (Fsp3) is 0.684. The van der Waals surface area contributed by atoms with E-state index in [1.165, 1.54) is 49.8 Å². The van der Waals surface area contributed by atoms with E-state index in [0.29, 0.717) is 6.04 Å². The SMILES string of the molecule is CC(C)(C)c1ccc(NC2CCC(CCCN)CC2)cc1. The Morgan fingerprint density at radius 3 is 2.19 bits per heavy atom. The Kier molecular flexibility index (Phi) is 5.69. The molecule has 0 amide bonds. The number of rotatable bonds is 5. The quantitative estimate of drug-likeness (QED) is 0.824. The lowest BCUT2D eigenvalue weighted by Gasteiger charge is -2.30. The van der Waals surface area contributed by atoms with Crippen LogP contribution in [0.5, 0.6) is 0 Å². The molecule has 0 atom stereocenters. The van der Waals surface area contributed by atoms with Crippen LogP contribution in [0.4, 0.5) is 5.69 Å². The van der Waals surface area contributed by atoms with Gasteiger partial charge in [0.05, 0.1) is 0 Å². The normalized spacial score (nSPS) is 23.0. The van der Waals surface area contributed by atoms with Crippen LogP contribution in [0.1, 0.15) is 64.9 Å². The average Bonchev–Trinajstić information content (AvgIpc) is 2.46. The van der Waals surface area contributed by atoms with Crippen LogP contribution in [0.2, 0.25) is 0 Å². The molecule has 21 heavy (non-hydrogen) atoms. The molecule has 0 aromatic heterocycles. The molecule has 1 aromatic carbocycles. The van der Waals surface area contributed by atoms with Gasteiger partial charge in [0.1, 0.15) is 0 Å². The molecule has 1 aliphatic rings. The molecule has 0 unspecified atom stereocenters. The second kappa shape index (κ2) is 7.31. The van der Waals surface area contributed by atoms with Gasteiger partial charge in [0.2, 0.25) is 0 Å². The summed E-state index contributed by atoms with van der Waals surface area (Å²) in [5, 5.41) is 3.71. The molecular weight excluding hydrogens is 256 g/mol. The van der Waals surface area contributed by atoms with Gasteiger partial charge in [0, 0.05) is 11.7 Å². The predicted octanol–water partition coefficient (Wildman–Crippen LogP) is 4.69. The van der Waals surface area contributed by atoms with Crippen molar-refractivity contribution >= 4 is 5.69 Å². The van der Waals surface area contributed by atoms with Gasteiger partial charge < -0.3 is 11.1 Å². The van der Waals surface area contributed by atoms with Gasteiger partial charge in [-0.3, -0.25) is 0 Å². The Morgan fingerprint density at radius 1 is 1.05 bits per heavy atom. The molecule has 1 saturated carbocycles. The molecule has 0 aliphatic heterocycles. The molecule has 0 radical (unpaired) electrons. The zero-order valence-electron chi connectivity index (χ0n) is 14.0. The van der Waals surface area contributed by atoms with Crippen LogP contribution < -0.4 is 11.1 Å². The van der Waals surface area contributed by atoms with Crippen LogP contribution in [0.25, 0.3) is 0 Å². The van der Waals surface area contributed by atoms with Crippen LogP contribution in [0.3, 0.4) is 0 Å². The van der Waals surface area contributed by atoms with Crippen molar-refractivity contribution in [2.45, 2.75) is 70.8 Å². The van der Waals surface area contributed by atoms with Crippen molar-refractivity contribution in [1.82, 2.24) is 0 Å². The number of hydrogen-bond acceptors (Lipinski definition) is 2. The summed E-state index contributed by atoms with van der Waals surface area (Å²) >= 11 is 0. The molecule has 2 nitrogen and oxygen atoms in total. The van der Waals surface area contributed by atoms with Crippen LogP contribution in [-0.4, -0.2) is 12.6 Å². The van der Waals surface area contributed by atoms with Gasteiger partial charge >= 0.3 is 0 Å². The average molecular weight is 288 g/mol. The topological polar surface area (TPSA) is 38.0 Å². The number of anilines is 1. The highest BCUT2D eigenvalue weighted by Gasteiger charge is 2.20. The molecule has 1 fully saturated rings. The van der Waals surface area contributed by atoms with Crippen molar-refractivity contribution in [3.63, 3.8) is 0 Å². The van der Waals surface area contributed by atoms with Crippen molar-refractivity contribution in [2.24, 2.45) is 11.7 Å². The first kappa shape index (κ1) is 16.4. The van der Waals surface area contributed by atoms with E-state index in [9.17, 15) is 0 Å². The van der Waals surface area contributed by atoms with Gasteiger partial charge in [0.25, 0.3) is 0 Å². The molecule has 0 spiro atoms. The van der Waals surface area contributed by atoms with Crippen LogP contribution in [0, 0.1) is 5.92 Å². The largest absolute Gasteiger partial charge is 0.382 e. The molecule has 0 saturated heterocycles. The molecule has 1 aromatic rings. The highest BCUT2D eigenvalue weighted by molar-refractivity contribution is 5.46. The highest BCUT2D eigenvalue weighted by Crippen LogP contribution is 2.30. The number of hydrogen-bond donors (Lipinski definition) is 2. The molecule has 2 rings (SSSR count). The fourth-order valence-corrected chi connectivity index (χ4v) is 3.30. The Bertz CT molecular complexity index is 408. The summed E-state index contributed by atoms with van der Waals surface area (Å²) in [5.41, 5.74) is 8.51. The summed E-state index contributed by atoms with van der Waals surface area (Å²) < 4.78 is 0. The first-order valence-electron chi connectivity index (χ1n) is 8.56. The second-order valence-corrected chi connectivity index (χ2v) is 7.62. The van der Waals surface area contributed by atoms with Crippen molar-refractivity contribution in [3.8, 4) is 0 Å². The summed E-state index contributed by atoms with van der Waals surface area (Å²) in [5.74, 6) is 0.912. The first-order chi connectivity index (χ1) is 9.99. The maximum absolute atomic E-state index is 5.61. The van der Waals surface area contributed by atoms with Crippen molar-refractivity contribution in [2.75, 3.05) is 11.9 Å². The Morgan fingerprint density at radius 2 is 1.67 bits per heavy atom. The fourth-order valence-electron chi connectivity index (χ4n) is 3.30. The van der Waals surface area contributed by atoms with E-state index in [4.69, 9.17) is 5.73 Å². The van der Waals surface area contributed by atoms with E-state index in [0.717, 1.165) is 12.5 Å². The van der Waals surface area contributed by atoms with Gasteiger partial charge in [0.15, 0.2) is 0 Å². The number of benzene rings is 1. The monoisotopic (exact) mass is 288 g/mol. The highest BCUT2D eigenvalue weighted by atomic mass is 14.9. The third-order valence-electron chi connectivity index (χ3n) is 4.78. The zero-order chi connectivity index (χ0) is 15.3. The summed E-state index contributed by atoms with van der Waals surface area (Å²) in [6, 6.07) is 9.65. The first-order valence-corrected chi connectivity index (χ1v) is 8.56. The Labute approximate surface area is 130 Å². The summed E-state index contributed by atoms with van der Waals surface area (Å²) in [7, 11) is 0. The lowest BCUT2D eigenvalue weighted by Crippen LogP contribution is -2.26. The second-order valence-electron chi connectivity index (χ2n) is 7.62. The van der Waals surface area contributed by atoms with E-state index in [1.807, 2.05) is 0 Å². The van der Waals surface area contributed by atoms with Gasteiger partial charge in [-0.05, 0) is 74.1 Å². The van der Waals surface area contributed by atoms with Gasteiger partial charge in [-0.25, -0.2) is 0 Å². The van der Waals surface area contributed by atoms with Gasteiger partial charge in [-0.2, -0.15) is 0 Å². The van der Waals surface area contributed by atoms with E-state index in [2.05, 4.69) is 50.4 Å². The third kappa shape index (κ3) is 5.03. The van der Waals surface area contributed by atoms with Crippen LogP contribution >= 0.6 is 0 Å². The van der Waals surface area contributed by atoms with Gasteiger partial charge in [-0.1, -0.05) is 32.9 Å². The Balaban J connectivity index is 1.81. The zero-order valence-corrected chi connectivity index (χ0v) is 14.0. The van der Waals surface area contributed by atoms with Crippen molar-refractivity contribution < 1.29 is 0 Å². The summed E-state index contributed by atoms with van der Waals surface area (Å²) in [6.07, 6.45) is 7.84. The van der Waals surface area contributed by atoms with E-state index < -0.39 is 0 Å². The lowest BCUT2D eigenvalue weighted by molar-refractivity contribution is 0.317. The molecule has 0 heterocycles. The van der Waals surface area contributed by atoms with Crippen molar-refractivity contribution in [1.29, 1.82) is 0 Å². The van der Waals surface area contributed by atoms with Crippen molar-refractivity contribution in [3.05, 3.63) is 29.8 Å². The summed E-state index contributed by atoms with van der Waals surface area (Å²) in [4.78, 5) is 0. The maximum Gasteiger partial charge on any atom is 0.0342 e. The number of nitrogens with two attached hydrogens (primary N) is 1. The van der Waals surface area contributed by atoms with Crippen LogP contribution in [0.15, 0.2) is 24.3 Å². The van der Waals surface area contributed by atoms with E-state index in [-0.39, 0.29) is 5.41 Å². The minimum atomic E-state index is 0.236. The van der Waals surface area contributed by atoms with Gasteiger partial charge in [-0.15, -0.1) is 0 Å². The standard InChI is InChI=1S/C19H32N2/c1-19(2,3)16-8-12-18(13-9-16)21-17-10-6-15(7-11-17)5-4-14-20/h8-9,12-13,15,17,21H,4-7,10-11,14,20H2,1-3H3. The molecule has 118 valence electrons. The lowest BCUT2D eigenvalue weighted by atomic mass is 9.83. The molecule has 0 bridgehead atoms. The van der Waals surface area contributed by atoms with E-state index in [1.54, 1.807) is 0 Å². The maximum atomic E-state index is 5.61. The molecule has 3 N–H and O–H groups in total. The minimum absolute atomic E-state index is 0.236. The molecule has 1 aliphatic carbocycles. The minimum Gasteiger partial charge on any atom is -0.382 e. The van der Waals surface area contributed by atoms with Crippen LogP contribution in [-0.2, 0) is 5.41 Å². The summed E-state index contributed by atoms with van der Waals surface area (Å²) in [6.45, 7) is 7.63. The predicted molar refractivity (Wildman–Crippen MR) is 92.8 cm³/mol. The number of nitrogens with one attached hydrogen (secondary N) is 1. The van der Waals surface area contributed by atoms with E-state index >= 15 is 0 Å². The smallest absolute Gasteiger partial charge is 0.0342 e.